The van der Waals surface area contributed by atoms with Crippen molar-refractivity contribution in [3.8, 4) is 0 Å². The number of aldehydes is 1. The van der Waals surface area contributed by atoms with Crippen molar-refractivity contribution in [2.75, 3.05) is 12.4 Å². The fraction of sp³-hybridized carbons (Fsp3) is 0.417. The Balaban J connectivity index is 0. The van der Waals surface area contributed by atoms with Gasteiger partial charge in [0, 0.05) is 7.11 Å². The van der Waals surface area contributed by atoms with Gasteiger partial charge in [-0.3, -0.25) is 0 Å². The standard InChI is InChI=1S/C8H10O.C2H3BrO.C2H6/c1-9-7-8-5-3-2-4-6-8;3-1-2-4;1-2/h2-6H,7H2,1H3;2H,1H2;1-2H3. The van der Waals surface area contributed by atoms with Crippen LogP contribution in [0.15, 0.2) is 30.3 Å². The summed E-state index contributed by atoms with van der Waals surface area (Å²) in [4.78, 5) is 9.13. The van der Waals surface area contributed by atoms with Gasteiger partial charge >= 0.3 is 0 Å². The Labute approximate surface area is 101 Å². The van der Waals surface area contributed by atoms with Crippen molar-refractivity contribution in [1.29, 1.82) is 0 Å². The minimum absolute atomic E-state index is 0.451. The molecule has 2 nitrogen and oxygen atoms in total. The third-order valence-electron chi connectivity index (χ3n) is 1.22. The van der Waals surface area contributed by atoms with Crippen LogP contribution in [0.5, 0.6) is 0 Å². The van der Waals surface area contributed by atoms with Crippen molar-refractivity contribution in [3.05, 3.63) is 35.9 Å². The van der Waals surface area contributed by atoms with Crippen LogP contribution in [0.4, 0.5) is 0 Å². The van der Waals surface area contributed by atoms with Crippen molar-refractivity contribution >= 4 is 22.2 Å². The summed E-state index contributed by atoms with van der Waals surface area (Å²) in [6.45, 7) is 4.71. The van der Waals surface area contributed by atoms with Gasteiger partial charge in [-0.25, -0.2) is 0 Å². The number of carbonyl (C=O) groups is 1. The molecule has 1 aromatic rings. The molecule has 86 valence electrons. The zero-order valence-corrected chi connectivity index (χ0v) is 11.2. The third kappa shape index (κ3) is 13.3. The SMILES string of the molecule is CC.COCc1ccccc1.O=CCBr. The summed E-state index contributed by atoms with van der Waals surface area (Å²) in [5.74, 6) is 0. The summed E-state index contributed by atoms with van der Waals surface area (Å²) in [6, 6.07) is 10.1. The van der Waals surface area contributed by atoms with Gasteiger partial charge in [-0.2, -0.15) is 0 Å². The van der Waals surface area contributed by atoms with Gasteiger partial charge in [0.25, 0.3) is 0 Å². The van der Waals surface area contributed by atoms with Crippen LogP contribution in [0.1, 0.15) is 19.4 Å². The molecule has 0 atom stereocenters. The van der Waals surface area contributed by atoms with Gasteiger partial charge in [-0.05, 0) is 5.56 Å². The maximum Gasteiger partial charge on any atom is 0.130 e. The van der Waals surface area contributed by atoms with Gasteiger partial charge in [-0.15, -0.1) is 0 Å². The van der Waals surface area contributed by atoms with Gasteiger partial charge in [0.1, 0.15) is 6.29 Å². The molecule has 0 amide bonds. The number of hydrogen-bond acceptors (Lipinski definition) is 2. The van der Waals surface area contributed by atoms with Crippen molar-refractivity contribution < 1.29 is 9.53 Å². The lowest BCUT2D eigenvalue weighted by molar-refractivity contribution is -0.105. The molecular weight excluding hydrogens is 256 g/mol. The Morgan fingerprint density at radius 2 is 1.73 bits per heavy atom. The molecule has 0 spiro atoms. The maximum atomic E-state index is 9.13. The van der Waals surface area contributed by atoms with E-state index in [2.05, 4.69) is 15.9 Å². The van der Waals surface area contributed by atoms with Gasteiger partial charge in [0.05, 0.1) is 11.9 Å². The fourth-order valence-corrected chi connectivity index (χ4v) is 0.741. The number of alkyl halides is 1. The largest absolute Gasteiger partial charge is 0.380 e. The molecule has 0 bridgehead atoms. The van der Waals surface area contributed by atoms with Crippen LogP contribution in [0.25, 0.3) is 0 Å². The smallest absolute Gasteiger partial charge is 0.130 e. The van der Waals surface area contributed by atoms with Crippen LogP contribution in [0.2, 0.25) is 0 Å². The lowest BCUT2D eigenvalue weighted by Crippen LogP contribution is -1.84. The summed E-state index contributed by atoms with van der Waals surface area (Å²) in [7, 11) is 1.70. The van der Waals surface area contributed by atoms with Crippen molar-refractivity contribution in [2.24, 2.45) is 0 Å². The molecule has 0 aliphatic rings. The van der Waals surface area contributed by atoms with Crippen molar-refractivity contribution in [1.82, 2.24) is 0 Å². The highest BCUT2D eigenvalue weighted by Crippen LogP contribution is 1.98. The van der Waals surface area contributed by atoms with E-state index in [9.17, 15) is 0 Å². The van der Waals surface area contributed by atoms with Gasteiger partial charge in [-0.1, -0.05) is 60.1 Å². The van der Waals surface area contributed by atoms with Crippen molar-refractivity contribution in [3.63, 3.8) is 0 Å². The normalized spacial score (nSPS) is 7.73. The molecular formula is C12H19BrO2. The highest BCUT2D eigenvalue weighted by atomic mass is 79.9. The van der Waals surface area contributed by atoms with Crippen LogP contribution in [-0.4, -0.2) is 18.7 Å². The average molecular weight is 275 g/mol. The molecule has 1 aromatic carbocycles. The zero-order chi connectivity index (χ0) is 11.9. The number of ether oxygens (including phenoxy) is 1. The minimum Gasteiger partial charge on any atom is -0.380 e. The Kier molecular flexibility index (Phi) is 17.6. The molecule has 0 saturated carbocycles. The fourth-order valence-electron chi connectivity index (χ4n) is 0.741. The number of halogens is 1. The molecule has 0 aliphatic carbocycles. The van der Waals surface area contributed by atoms with E-state index in [1.165, 1.54) is 5.56 Å². The number of benzene rings is 1. The number of hydrogen-bond donors (Lipinski definition) is 0. The van der Waals surface area contributed by atoms with E-state index in [0.717, 1.165) is 6.29 Å². The Hall–Kier alpha value is -0.670. The Morgan fingerprint density at radius 1 is 1.27 bits per heavy atom. The summed E-state index contributed by atoms with van der Waals surface area (Å²) >= 11 is 2.88. The first kappa shape index (κ1) is 16.7. The Bertz CT molecular complexity index is 212. The van der Waals surface area contributed by atoms with E-state index >= 15 is 0 Å². The van der Waals surface area contributed by atoms with E-state index in [-0.39, 0.29) is 0 Å². The van der Waals surface area contributed by atoms with E-state index in [1.54, 1.807) is 7.11 Å². The first-order valence-electron chi connectivity index (χ1n) is 4.87. The highest BCUT2D eigenvalue weighted by Gasteiger charge is 1.84. The summed E-state index contributed by atoms with van der Waals surface area (Å²) in [5, 5.41) is 0.451. The quantitative estimate of drug-likeness (QED) is 0.624. The van der Waals surface area contributed by atoms with Gasteiger partial charge in [0.15, 0.2) is 0 Å². The molecule has 0 saturated heterocycles. The van der Waals surface area contributed by atoms with Crippen LogP contribution in [0, 0.1) is 0 Å². The number of carbonyl (C=O) groups excluding carboxylic acids is 1. The predicted octanol–water partition coefficient (Wildman–Crippen LogP) is 3.44. The molecule has 0 heterocycles. The Morgan fingerprint density at radius 3 is 2.07 bits per heavy atom. The second kappa shape index (κ2) is 15.8. The number of methoxy groups -OCH3 is 1. The summed E-state index contributed by atoms with van der Waals surface area (Å²) in [6.07, 6.45) is 0.792. The summed E-state index contributed by atoms with van der Waals surface area (Å²) in [5.41, 5.74) is 1.22. The molecule has 0 aliphatic heterocycles. The van der Waals surface area contributed by atoms with Crippen LogP contribution in [-0.2, 0) is 16.1 Å². The third-order valence-corrected chi connectivity index (χ3v) is 1.48. The van der Waals surface area contributed by atoms with E-state index in [4.69, 9.17) is 9.53 Å². The molecule has 0 fully saturated rings. The van der Waals surface area contributed by atoms with Crippen LogP contribution >= 0.6 is 15.9 Å². The van der Waals surface area contributed by atoms with Gasteiger partial charge in [0.2, 0.25) is 0 Å². The molecule has 0 unspecified atom stereocenters. The highest BCUT2D eigenvalue weighted by molar-refractivity contribution is 9.09. The number of rotatable bonds is 3. The minimum atomic E-state index is 0.451. The average Bonchev–Trinajstić information content (AvgIpc) is 2.34. The maximum absolute atomic E-state index is 9.13. The molecule has 15 heavy (non-hydrogen) atoms. The second-order valence-electron chi connectivity index (χ2n) is 2.24. The van der Waals surface area contributed by atoms with Crippen LogP contribution in [0.3, 0.4) is 0 Å². The van der Waals surface area contributed by atoms with Crippen molar-refractivity contribution in [2.45, 2.75) is 20.5 Å². The summed E-state index contributed by atoms with van der Waals surface area (Å²) < 4.78 is 4.93. The van der Waals surface area contributed by atoms with E-state index < -0.39 is 0 Å². The monoisotopic (exact) mass is 274 g/mol. The van der Waals surface area contributed by atoms with Gasteiger partial charge < -0.3 is 9.53 Å². The zero-order valence-electron chi connectivity index (χ0n) is 9.57. The lowest BCUT2D eigenvalue weighted by Gasteiger charge is -1.95. The first-order chi connectivity index (χ1) is 7.35. The van der Waals surface area contributed by atoms with Crippen LogP contribution < -0.4 is 0 Å². The molecule has 3 heteroatoms. The molecule has 0 aromatic heterocycles. The predicted molar refractivity (Wildman–Crippen MR) is 68.4 cm³/mol. The first-order valence-corrected chi connectivity index (χ1v) is 5.99. The molecule has 0 N–H and O–H groups in total. The van der Waals surface area contributed by atoms with E-state index in [0.29, 0.717) is 11.9 Å². The molecule has 1 rings (SSSR count). The van der Waals surface area contributed by atoms with E-state index in [1.807, 2.05) is 44.2 Å². The lowest BCUT2D eigenvalue weighted by atomic mass is 10.2. The molecule has 0 radical (unpaired) electrons. The topological polar surface area (TPSA) is 26.3 Å². The second-order valence-corrected chi connectivity index (χ2v) is 2.89.